The van der Waals surface area contributed by atoms with Crippen LogP contribution in [0.2, 0.25) is 0 Å². The van der Waals surface area contributed by atoms with E-state index in [4.69, 9.17) is 0 Å². The standard InChI is InChI=1S/C11H12Br2N2O3S/c1-11(2-3-19(17,18)6-11)15-10(16)7-4-8(12)14-9(13)5-7/h4-5H,2-3,6H2,1H3,(H,15,16). The lowest BCUT2D eigenvalue weighted by Crippen LogP contribution is -2.46. The van der Waals surface area contributed by atoms with E-state index in [2.05, 4.69) is 42.2 Å². The van der Waals surface area contributed by atoms with Crippen LogP contribution in [0, 0.1) is 0 Å². The minimum atomic E-state index is -3.04. The molecule has 19 heavy (non-hydrogen) atoms. The van der Waals surface area contributed by atoms with Crippen molar-refractivity contribution in [3.05, 3.63) is 26.9 Å². The van der Waals surface area contributed by atoms with E-state index < -0.39 is 15.4 Å². The van der Waals surface area contributed by atoms with Crippen molar-refractivity contribution in [1.29, 1.82) is 0 Å². The SMILES string of the molecule is CC1(NC(=O)c2cc(Br)nc(Br)c2)CCS(=O)(=O)C1. The van der Waals surface area contributed by atoms with Gasteiger partial charge in [0.2, 0.25) is 0 Å². The third-order valence-electron chi connectivity index (χ3n) is 2.94. The number of nitrogens with one attached hydrogen (secondary N) is 1. The molecule has 1 amide bonds. The van der Waals surface area contributed by atoms with Crippen molar-refractivity contribution < 1.29 is 13.2 Å². The molecule has 0 bridgehead atoms. The Balaban J connectivity index is 2.18. The van der Waals surface area contributed by atoms with Gasteiger partial charge < -0.3 is 5.32 Å². The van der Waals surface area contributed by atoms with Gasteiger partial charge in [0.25, 0.3) is 5.91 Å². The smallest absolute Gasteiger partial charge is 0.251 e. The number of carbonyl (C=O) groups excluding carboxylic acids is 1. The summed E-state index contributed by atoms with van der Waals surface area (Å²) in [6.07, 6.45) is 0.439. The van der Waals surface area contributed by atoms with Gasteiger partial charge in [-0.25, -0.2) is 13.4 Å². The highest BCUT2D eigenvalue weighted by molar-refractivity contribution is 9.11. The fraction of sp³-hybridized carbons (Fsp3) is 0.455. The van der Waals surface area contributed by atoms with Crippen LogP contribution >= 0.6 is 31.9 Å². The van der Waals surface area contributed by atoms with Crippen molar-refractivity contribution in [2.24, 2.45) is 0 Å². The van der Waals surface area contributed by atoms with E-state index >= 15 is 0 Å². The summed E-state index contributed by atoms with van der Waals surface area (Å²) in [7, 11) is -3.04. The van der Waals surface area contributed by atoms with Gasteiger partial charge in [-0.2, -0.15) is 0 Å². The average molecular weight is 412 g/mol. The molecule has 1 N–H and O–H groups in total. The monoisotopic (exact) mass is 410 g/mol. The predicted molar refractivity (Wildman–Crippen MR) is 78.8 cm³/mol. The van der Waals surface area contributed by atoms with Gasteiger partial charge in [0.1, 0.15) is 9.21 Å². The second-order valence-corrected chi connectivity index (χ2v) is 8.67. The number of hydrogen-bond donors (Lipinski definition) is 1. The van der Waals surface area contributed by atoms with Crippen LogP contribution < -0.4 is 5.32 Å². The lowest BCUT2D eigenvalue weighted by molar-refractivity contribution is 0.0915. The number of halogens is 2. The zero-order valence-electron chi connectivity index (χ0n) is 10.1. The zero-order chi connectivity index (χ0) is 14.3. The van der Waals surface area contributed by atoms with Gasteiger partial charge in [0.05, 0.1) is 17.0 Å². The van der Waals surface area contributed by atoms with Gasteiger partial charge in [-0.3, -0.25) is 4.79 Å². The highest BCUT2D eigenvalue weighted by Gasteiger charge is 2.39. The van der Waals surface area contributed by atoms with Crippen molar-refractivity contribution in [2.75, 3.05) is 11.5 Å². The molecule has 1 saturated heterocycles. The number of sulfone groups is 1. The van der Waals surface area contributed by atoms with Crippen LogP contribution in [-0.2, 0) is 9.84 Å². The largest absolute Gasteiger partial charge is 0.346 e. The number of aromatic nitrogens is 1. The van der Waals surface area contributed by atoms with Gasteiger partial charge in [0.15, 0.2) is 9.84 Å². The predicted octanol–water partition coefficient (Wildman–Crippen LogP) is 1.91. The zero-order valence-corrected chi connectivity index (χ0v) is 14.1. The number of carbonyl (C=O) groups is 1. The Labute approximate surface area is 128 Å². The Morgan fingerprint density at radius 3 is 2.42 bits per heavy atom. The Morgan fingerprint density at radius 2 is 1.95 bits per heavy atom. The maximum Gasteiger partial charge on any atom is 0.251 e. The Kier molecular flexibility index (Phi) is 4.04. The quantitative estimate of drug-likeness (QED) is 0.754. The van der Waals surface area contributed by atoms with Gasteiger partial charge in [-0.05, 0) is 57.3 Å². The van der Waals surface area contributed by atoms with Crippen LogP contribution in [0.4, 0.5) is 0 Å². The molecule has 0 radical (unpaired) electrons. The molecule has 0 spiro atoms. The van der Waals surface area contributed by atoms with E-state index in [0.29, 0.717) is 21.2 Å². The van der Waals surface area contributed by atoms with Crippen molar-refractivity contribution in [1.82, 2.24) is 10.3 Å². The maximum absolute atomic E-state index is 12.1. The summed E-state index contributed by atoms with van der Waals surface area (Å²) < 4.78 is 24.1. The number of nitrogens with zero attached hydrogens (tertiary/aromatic N) is 1. The van der Waals surface area contributed by atoms with Gasteiger partial charge >= 0.3 is 0 Å². The molecule has 1 fully saturated rings. The average Bonchev–Trinajstić information content (AvgIpc) is 2.51. The second-order valence-electron chi connectivity index (χ2n) is 4.86. The summed E-state index contributed by atoms with van der Waals surface area (Å²) in [6, 6.07) is 3.18. The molecule has 1 aromatic heterocycles. The topological polar surface area (TPSA) is 76.1 Å². The minimum absolute atomic E-state index is 0.0147. The Bertz CT molecular complexity index is 613. The number of rotatable bonds is 2. The molecule has 5 nitrogen and oxygen atoms in total. The summed E-state index contributed by atoms with van der Waals surface area (Å²) in [4.78, 5) is 16.2. The van der Waals surface area contributed by atoms with E-state index in [1.54, 1.807) is 19.1 Å². The molecule has 2 heterocycles. The fourth-order valence-electron chi connectivity index (χ4n) is 2.05. The van der Waals surface area contributed by atoms with Crippen LogP contribution in [0.3, 0.4) is 0 Å². The van der Waals surface area contributed by atoms with Crippen LogP contribution in [0.5, 0.6) is 0 Å². The normalized spacial score (nSPS) is 25.2. The second kappa shape index (κ2) is 5.14. The molecule has 1 atom stereocenters. The number of pyridine rings is 1. The lowest BCUT2D eigenvalue weighted by Gasteiger charge is -2.23. The van der Waals surface area contributed by atoms with E-state index in [0.717, 1.165) is 0 Å². The Morgan fingerprint density at radius 1 is 1.37 bits per heavy atom. The molecule has 1 aromatic rings. The molecule has 1 aliphatic rings. The van der Waals surface area contributed by atoms with Crippen LogP contribution in [0.25, 0.3) is 0 Å². The van der Waals surface area contributed by atoms with Crippen LogP contribution in [0.1, 0.15) is 23.7 Å². The molecular weight excluding hydrogens is 400 g/mol. The molecular formula is C11H12Br2N2O3S. The highest BCUT2D eigenvalue weighted by atomic mass is 79.9. The first-order chi connectivity index (χ1) is 8.69. The summed E-state index contributed by atoms with van der Waals surface area (Å²) in [5, 5.41) is 2.79. The molecule has 0 saturated carbocycles. The van der Waals surface area contributed by atoms with Crippen LogP contribution in [0.15, 0.2) is 21.3 Å². The number of amides is 1. The van der Waals surface area contributed by atoms with Crippen molar-refractivity contribution in [2.45, 2.75) is 18.9 Å². The molecule has 1 aliphatic heterocycles. The van der Waals surface area contributed by atoms with Gasteiger partial charge in [-0.15, -0.1) is 0 Å². The first-order valence-corrected chi connectivity index (χ1v) is 8.96. The van der Waals surface area contributed by atoms with Gasteiger partial charge in [0, 0.05) is 5.56 Å². The highest BCUT2D eigenvalue weighted by Crippen LogP contribution is 2.24. The van der Waals surface area contributed by atoms with Gasteiger partial charge in [-0.1, -0.05) is 0 Å². The van der Waals surface area contributed by atoms with E-state index in [9.17, 15) is 13.2 Å². The van der Waals surface area contributed by atoms with E-state index in [1.807, 2.05) is 0 Å². The van der Waals surface area contributed by atoms with E-state index in [-0.39, 0.29) is 17.4 Å². The molecule has 8 heteroatoms. The summed E-state index contributed by atoms with van der Waals surface area (Å²) in [6.45, 7) is 1.75. The first-order valence-electron chi connectivity index (χ1n) is 5.55. The molecule has 0 aliphatic carbocycles. The van der Waals surface area contributed by atoms with Crippen molar-refractivity contribution >= 4 is 47.6 Å². The molecule has 2 rings (SSSR count). The first kappa shape index (κ1) is 14.9. The molecule has 104 valence electrons. The van der Waals surface area contributed by atoms with Crippen LogP contribution in [-0.4, -0.2) is 36.4 Å². The summed E-state index contributed by atoms with van der Waals surface area (Å²) in [5.74, 6) is -0.199. The molecule has 0 aromatic carbocycles. The van der Waals surface area contributed by atoms with E-state index in [1.165, 1.54) is 0 Å². The number of hydrogen-bond acceptors (Lipinski definition) is 4. The molecule has 1 unspecified atom stereocenters. The van der Waals surface area contributed by atoms with Crippen molar-refractivity contribution in [3.63, 3.8) is 0 Å². The lowest BCUT2D eigenvalue weighted by atomic mass is 10.0. The third-order valence-corrected chi connectivity index (χ3v) is 5.66. The Hall–Kier alpha value is -0.470. The third kappa shape index (κ3) is 3.76. The fourth-order valence-corrected chi connectivity index (χ4v) is 5.26. The van der Waals surface area contributed by atoms with Crippen molar-refractivity contribution in [3.8, 4) is 0 Å². The minimum Gasteiger partial charge on any atom is -0.346 e. The summed E-state index contributed by atoms with van der Waals surface area (Å²) >= 11 is 6.42. The maximum atomic E-state index is 12.1. The summed E-state index contributed by atoms with van der Waals surface area (Å²) in [5.41, 5.74) is -0.266.